The Morgan fingerprint density at radius 3 is 2.93 bits per heavy atom. The largest absolute Gasteiger partial charge is 0.361 e. The third-order valence-corrected chi connectivity index (χ3v) is 2.86. The number of rotatable bonds is 1. The Balaban J connectivity index is 2.23. The van der Waals surface area contributed by atoms with Gasteiger partial charge in [0.15, 0.2) is 0 Å². The van der Waals surface area contributed by atoms with Crippen LogP contribution in [0.5, 0.6) is 0 Å². The Labute approximate surface area is 82.2 Å². The van der Waals surface area contributed by atoms with Crippen molar-refractivity contribution >= 4 is 10.9 Å². The highest BCUT2D eigenvalue weighted by atomic mass is 14.7. The highest BCUT2D eigenvalue weighted by molar-refractivity contribution is 5.85. The van der Waals surface area contributed by atoms with Crippen LogP contribution in [0.1, 0.15) is 29.9 Å². The number of nitrogens with zero attached hydrogens (tertiary/aromatic N) is 1. The van der Waals surface area contributed by atoms with Gasteiger partial charge in [0.2, 0.25) is 0 Å². The summed E-state index contributed by atoms with van der Waals surface area (Å²) in [5, 5.41) is 10.0. The van der Waals surface area contributed by atoms with E-state index in [1.165, 1.54) is 23.8 Å². The molecule has 2 nitrogen and oxygen atoms in total. The Kier molecular flexibility index (Phi) is 1.43. The molecule has 0 aliphatic heterocycles. The maximum absolute atomic E-state index is 8.76. The molecule has 1 saturated carbocycles. The van der Waals surface area contributed by atoms with Crippen molar-refractivity contribution in [2.24, 2.45) is 0 Å². The number of benzene rings is 1. The van der Waals surface area contributed by atoms with Crippen LogP contribution in [0, 0.1) is 11.3 Å². The van der Waals surface area contributed by atoms with Crippen LogP contribution >= 0.6 is 0 Å². The third kappa shape index (κ3) is 1.03. The molecule has 1 N–H and O–H groups in total. The van der Waals surface area contributed by atoms with Gasteiger partial charge in [-0.2, -0.15) is 5.26 Å². The van der Waals surface area contributed by atoms with E-state index >= 15 is 0 Å². The molecular weight excluding hydrogens is 172 g/mol. The second kappa shape index (κ2) is 2.62. The average molecular weight is 182 g/mol. The monoisotopic (exact) mass is 182 g/mol. The van der Waals surface area contributed by atoms with Gasteiger partial charge < -0.3 is 4.98 Å². The maximum Gasteiger partial charge on any atom is 0.0992 e. The quantitative estimate of drug-likeness (QED) is 0.723. The first-order valence-electron chi connectivity index (χ1n) is 4.89. The molecule has 0 atom stereocenters. The van der Waals surface area contributed by atoms with Crippen LogP contribution in [0.25, 0.3) is 10.9 Å². The number of aromatic nitrogens is 1. The lowest BCUT2D eigenvalue weighted by Crippen LogP contribution is -1.76. The fraction of sp³-hybridized carbons (Fsp3) is 0.250. The first kappa shape index (κ1) is 7.64. The Morgan fingerprint density at radius 2 is 2.21 bits per heavy atom. The van der Waals surface area contributed by atoms with E-state index in [2.05, 4.69) is 23.3 Å². The number of aromatic amines is 1. The Bertz CT molecular complexity index is 527. The van der Waals surface area contributed by atoms with E-state index in [1.54, 1.807) is 0 Å². The van der Waals surface area contributed by atoms with Crippen molar-refractivity contribution in [3.05, 3.63) is 35.5 Å². The minimum absolute atomic E-state index is 0.724. The molecule has 0 bridgehead atoms. The van der Waals surface area contributed by atoms with Gasteiger partial charge in [0, 0.05) is 17.1 Å². The molecule has 2 heteroatoms. The van der Waals surface area contributed by atoms with Crippen molar-refractivity contribution in [2.45, 2.75) is 18.8 Å². The molecule has 14 heavy (non-hydrogen) atoms. The van der Waals surface area contributed by atoms with Gasteiger partial charge in [0.05, 0.1) is 11.6 Å². The predicted molar refractivity (Wildman–Crippen MR) is 55.0 cm³/mol. The number of hydrogen-bond acceptors (Lipinski definition) is 1. The highest BCUT2D eigenvalue weighted by Crippen LogP contribution is 2.43. The van der Waals surface area contributed by atoms with E-state index < -0.39 is 0 Å². The smallest absolute Gasteiger partial charge is 0.0992 e. The summed E-state index contributed by atoms with van der Waals surface area (Å²) in [7, 11) is 0. The van der Waals surface area contributed by atoms with Crippen molar-refractivity contribution in [1.82, 2.24) is 4.98 Å². The van der Waals surface area contributed by atoms with Crippen molar-refractivity contribution in [3.8, 4) is 6.07 Å². The lowest BCUT2D eigenvalue weighted by atomic mass is 10.1. The summed E-state index contributed by atoms with van der Waals surface area (Å²) in [5.74, 6) is 0.761. The van der Waals surface area contributed by atoms with Crippen molar-refractivity contribution in [2.75, 3.05) is 0 Å². The van der Waals surface area contributed by atoms with Crippen LogP contribution in [-0.4, -0.2) is 4.98 Å². The van der Waals surface area contributed by atoms with Crippen LogP contribution in [0.3, 0.4) is 0 Å². The topological polar surface area (TPSA) is 39.6 Å². The molecule has 68 valence electrons. The molecule has 1 aromatic carbocycles. The van der Waals surface area contributed by atoms with Gasteiger partial charge in [-0.1, -0.05) is 6.07 Å². The zero-order valence-electron chi connectivity index (χ0n) is 7.75. The van der Waals surface area contributed by atoms with Gasteiger partial charge in [-0.05, 0) is 36.5 Å². The molecule has 3 rings (SSSR count). The van der Waals surface area contributed by atoms with Gasteiger partial charge in [0.1, 0.15) is 0 Å². The second-order valence-corrected chi connectivity index (χ2v) is 3.89. The summed E-state index contributed by atoms with van der Waals surface area (Å²) in [6.45, 7) is 0. The molecule has 0 radical (unpaired) electrons. The van der Waals surface area contributed by atoms with E-state index in [-0.39, 0.29) is 0 Å². The van der Waals surface area contributed by atoms with Crippen LogP contribution in [0.2, 0.25) is 0 Å². The van der Waals surface area contributed by atoms with E-state index in [0.29, 0.717) is 0 Å². The van der Waals surface area contributed by atoms with Gasteiger partial charge in [-0.3, -0.25) is 0 Å². The lowest BCUT2D eigenvalue weighted by molar-refractivity contribution is 1.15. The van der Waals surface area contributed by atoms with E-state index in [0.717, 1.165) is 17.0 Å². The molecule has 1 aliphatic carbocycles. The molecule has 1 aromatic heterocycles. The van der Waals surface area contributed by atoms with Crippen molar-refractivity contribution in [3.63, 3.8) is 0 Å². The first-order valence-corrected chi connectivity index (χ1v) is 4.89. The normalized spacial score (nSPS) is 15.6. The summed E-state index contributed by atoms with van der Waals surface area (Å²) in [6.07, 6.45) is 4.71. The summed E-state index contributed by atoms with van der Waals surface area (Å²) >= 11 is 0. The van der Waals surface area contributed by atoms with E-state index in [9.17, 15) is 0 Å². The SMILES string of the molecule is N#Cc1ccc2c(C3CC3)c[nH]c2c1. The number of nitriles is 1. The van der Waals surface area contributed by atoms with Gasteiger partial charge in [-0.25, -0.2) is 0 Å². The zero-order valence-corrected chi connectivity index (χ0v) is 7.75. The first-order chi connectivity index (χ1) is 6.88. The van der Waals surface area contributed by atoms with Gasteiger partial charge in [0.25, 0.3) is 0 Å². The summed E-state index contributed by atoms with van der Waals surface area (Å²) in [5.41, 5.74) is 3.23. The Morgan fingerprint density at radius 1 is 1.36 bits per heavy atom. The second-order valence-electron chi connectivity index (χ2n) is 3.89. The predicted octanol–water partition coefficient (Wildman–Crippen LogP) is 2.92. The number of nitrogens with one attached hydrogen (secondary N) is 1. The van der Waals surface area contributed by atoms with E-state index in [1.807, 2.05) is 12.1 Å². The molecule has 1 aliphatic rings. The van der Waals surface area contributed by atoms with E-state index in [4.69, 9.17) is 5.26 Å². The van der Waals surface area contributed by atoms with Gasteiger partial charge >= 0.3 is 0 Å². The van der Waals surface area contributed by atoms with Crippen molar-refractivity contribution < 1.29 is 0 Å². The summed E-state index contributed by atoms with van der Waals surface area (Å²) < 4.78 is 0. The molecule has 0 amide bonds. The summed E-state index contributed by atoms with van der Waals surface area (Å²) in [4.78, 5) is 3.23. The van der Waals surface area contributed by atoms with Crippen LogP contribution in [-0.2, 0) is 0 Å². The average Bonchev–Trinajstić information content (AvgIpc) is 2.98. The molecule has 0 unspecified atom stereocenters. The fourth-order valence-corrected chi connectivity index (χ4v) is 1.95. The number of fused-ring (bicyclic) bond motifs is 1. The van der Waals surface area contributed by atoms with Gasteiger partial charge in [-0.15, -0.1) is 0 Å². The molecule has 0 spiro atoms. The van der Waals surface area contributed by atoms with Crippen molar-refractivity contribution in [1.29, 1.82) is 5.26 Å². The standard InChI is InChI=1S/C12H10N2/c13-6-8-1-4-10-11(9-2-3-9)7-14-12(10)5-8/h1,4-5,7,9,14H,2-3H2. The number of H-pyrrole nitrogens is 1. The molecule has 2 aromatic rings. The molecular formula is C12H10N2. The minimum Gasteiger partial charge on any atom is -0.361 e. The third-order valence-electron chi connectivity index (χ3n) is 2.86. The molecule has 1 heterocycles. The molecule has 1 fully saturated rings. The maximum atomic E-state index is 8.76. The minimum atomic E-state index is 0.724. The fourth-order valence-electron chi connectivity index (χ4n) is 1.95. The van der Waals surface area contributed by atoms with Crippen LogP contribution in [0.4, 0.5) is 0 Å². The van der Waals surface area contributed by atoms with Crippen LogP contribution < -0.4 is 0 Å². The summed E-state index contributed by atoms with van der Waals surface area (Å²) in [6, 6.07) is 8.02. The van der Waals surface area contributed by atoms with Crippen LogP contribution in [0.15, 0.2) is 24.4 Å². The Hall–Kier alpha value is -1.75. The zero-order chi connectivity index (χ0) is 9.54. The molecule has 0 saturated heterocycles. The lowest BCUT2D eigenvalue weighted by Gasteiger charge is -1.94. The highest BCUT2D eigenvalue weighted by Gasteiger charge is 2.25. The number of hydrogen-bond donors (Lipinski definition) is 1.